The smallest absolute Gasteiger partial charge is 0.122 e. The van der Waals surface area contributed by atoms with E-state index in [1.54, 1.807) is 7.11 Å². The Kier molecular flexibility index (Phi) is 8.76. The monoisotopic (exact) mass is 432 g/mol. The van der Waals surface area contributed by atoms with Crippen LogP contribution in [0, 0.1) is 0 Å². The van der Waals surface area contributed by atoms with Gasteiger partial charge in [-0.2, -0.15) is 0 Å². The molecule has 0 spiro atoms. The van der Waals surface area contributed by atoms with Crippen LogP contribution in [0.25, 0.3) is 10.9 Å². The summed E-state index contributed by atoms with van der Waals surface area (Å²) in [7, 11) is 4.02. The van der Waals surface area contributed by atoms with Gasteiger partial charge in [-0.15, -0.1) is 24.8 Å². The van der Waals surface area contributed by atoms with Crippen LogP contribution < -0.4 is 4.74 Å². The Balaban J connectivity index is 0.00000150. The maximum atomic E-state index is 5.59. The fraction of sp³-hybridized carbons (Fsp3) is 0.375. The van der Waals surface area contributed by atoms with Crippen molar-refractivity contribution in [2.45, 2.75) is 31.6 Å². The van der Waals surface area contributed by atoms with Gasteiger partial charge < -0.3 is 9.64 Å². The van der Waals surface area contributed by atoms with Gasteiger partial charge in [0.1, 0.15) is 5.75 Å². The second kappa shape index (κ2) is 10.8. The molecule has 4 rings (SSSR count). The van der Waals surface area contributed by atoms with Crippen molar-refractivity contribution in [3.8, 4) is 5.75 Å². The SMILES string of the molecule is COc1cccc2c1CCCC2CN(C)CCc1cccc2cccnc12.Cl.Cl. The van der Waals surface area contributed by atoms with E-state index in [1.807, 2.05) is 12.3 Å². The third kappa shape index (κ3) is 5.22. The van der Waals surface area contributed by atoms with E-state index in [0.717, 1.165) is 37.2 Å². The number of hydrogen-bond donors (Lipinski definition) is 0. The molecule has 0 saturated heterocycles. The summed E-state index contributed by atoms with van der Waals surface area (Å²) in [4.78, 5) is 7.06. The largest absolute Gasteiger partial charge is 0.496 e. The van der Waals surface area contributed by atoms with E-state index in [2.05, 4.69) is 59.4 Å². The number of nitrogens with zero attached hydrogens (tertiary/aromatic N) is 2. The van der Waals surface area contributed by atoms with Crippen LogP contribution in [0.15, 0.2) is 54.7 Å². The van der Waals surface area contributed by atoms with Gasteiger partial charge in [0.25, 0.3) is 0 Å². The molecule has 29 heavy (non-hydrogen) atoms. The van der Waals surface area contributed by atoms with Crippen LogP contribution in [0.2, 0.25) is 0 Å². The van der Waals surface area contributed by atoms with E-state index in [4.69, 9.17) is 4.74 Å². The van der Waals surface area contributed by atoms with Crippen molar-refractivity contribution in [1.29, 1.82) is 0 Å². The lowest BCUT2D eigenvalue weighted by Crippen LogP contribution is -2.28. The minimum absolute atomic E-state index is 0. The zero-order valence-corrected chi connectivity index (χ0v) is 18.8. The average molecular weight is 433 g/mol. The molecule has 1 aromatic heterocycles. The highest BCUT2D eigenvalue weighted by atomic mass is 35.5. The summed E-state index contributed by atoms with van der Waals surface area (Å²) in [5.74, 6) is 1.65. The highest BCUT2D eigenvalue weighted by Crippen LogP contribution is 2.36. The molecule has 0 aliphatic heterocycles. The van der Waals surface area contributed by atoms with Crippen LogP contribution >= 0.6 is 24.8 Å². The summed E-state index contributed by atoms with van der Waals surface area (Å²) in [6.45, 7) is 2.14. The normalized spacial score (nSPS) is 15.3. The number of halogens is 2. The maximum absolute atomic E-state index is 5.59. The highest BCUT2D eigenvalue weighted by molar-refractivity contribution is 5.85. The summed E-state index contributed by atoms with van der Waals surface area (Å²) >= 11 is 0. The first-order chi connectivity index (χ1) is 13.3. The number of hydrogen-bond acceptors (Lipinski definition) is 3. The number of likely N-dealkylation sites (N-methyl/N-ethyl adjacent to an activating group) is 1. The first-order valence-corrected chi connectivity index (χ1v) is 9.93. The Hall–Kier alpha value is -1.81. The number of ether oxygens (including phenoxy) is 1. The highest BCUT2D eigenvalue weighted by Gasteiger charge is 2.23. The van der Waals surface area contributed by atoms with E-state index >= 15 is 0 Å². The van der Waals surface area contributed by atoms with Gasteiger partial charge in [-0.1, -0.05) is 36.4 Å². The van der Waals surface area contributed by atoms with Crippen LogP contribution in [0.3, 0.4) is 0 Å². The van der Waals surface area contributed by atoms with Gasteiger partial charge in [-0.25, -0.2) is 0 Å². The molecular formula is C24H30Cl2N2O. The summed E-state index contributed by atoms with van der Waals surface area (Å²) in [5, 5.41) is 1.23. The van der Waals surface area contributed by atoms with E-state index in [1.165, 1.54) is 34.9 Å². The standard InChI is InChI=1S/C24H28N2O.2ClH/c1-26(16-14-19-8-3-7-18-10-6-15-25-24(18)19)17-20-9-4-12-22-21(20)11-5-13-23(22)27-2;;/h3,5-8,10-11,13,15,20H,4,9,12,14,16-17H2,1-2H3;2*1H. The minimum atomic E-state index is 0. The van der Waals surface area contributed by atoms with Crippen LogP contribution in [0.1, 0.15) is 35.4 Å². The van der Waals surface area contributed by atoms with E-state index in [9.17, 15) is 0 Å². The Labute approximate surface area is 186 Å². The summed E-state index contributed by atoms with van der Waals surface area (Å²) in [6, 6.07) is 17.2. The van der Waals surface area contributed by atoms with Gasteiger partial charge in [0.05, 0.1) is 12.6 Å². The van der Waals surface area contributed by atoms with Crippen LogP contribution in [-0.4, -0.2) is 37.1 Å². The molecule has 0 amide bonds. The van der Waals surface area contributed by atoms with E-state index < -0.39 is 0 Å². The lowest BCUT2D eigenvalue weighted by Gasteiger charge is -2.30. The molecular weight excluding hydrogens is 403 g/mol. The summed E-state index contributed by atoms with van der Waals surface area (Å²) in [6.07, 6.45) is 6.57. The number of benzene rings is 2. The van der Waals surface area contributed by atoms with Crippen LogP contribution in [0.5, 0.6) is 5.75 Å². The third-order valence-corrected chi connectivity index (χ3v) is 5.82. The molecule has 156 valence electrons. The van der Waals surface area contributed by atoms with Gasteiger partial charge in [0, 0.05) is 24.7 Å². The molecule has 5 heteroatoms. The molecule has 1 unspecified atom stereocenters. The fourth-order valence-electron chi connectivity index (χ4n) is 4.44. The predicted molar refractivity (Wildman–Crippen MR) is 126 cm³/mol. The first-order valence-electron chi connectivity index (χ1n) is 9.93. The molecule has 2 aromatic carbocycles. The molecule has 0 N–H and O–H groups in total. The zero-order valence-electron chi connectivity index (χ0n) is 17.1. The second-order valence-electron chi connectivity index (χ2n) is 7.62. The lowest BCUT2D eigenvalue weighted by molar-refractivity contribution is 0.299. The van der Waals surface area contributed by atoms with Crippen molar-refractivity contribution in [3.05, 3.63) is 71.4 Å². The van der Waals surface area contributed by atoms with Gasteiger partial charge in [-0.3, -0.25) is 4.98 Å². The topological polar surface area (TPSA) is 25.4 Å². The molecule has 0 fully saturated rings. The van der Waals surface area contributed by atoms with E-state index in [-0.39, 0.29) is 24.8 Å². The Morgan fingerprint density at radius 3 is 2.69 bits per heavy atom. The number of rotatable bonds is 6. The molecule has 1 heterocycles. The number of methoxy groups -OCH3 is 1. The van der Waals surface area contributed by atoms with Crippen LogP contribution in [-0.2, 0) is 12.8 Å². The van der Waals surface area contributed by atoms with Crippen molar-refractivity contribution >= 4 is 35.7 Å². The van der Waals surface area contributed by atoms with Crippen LogP contribution in [0.4, 0.5) is 0 Å². The third-order valence-electron chi connectivity index (χ3n) is 5.82. The molecule has 0 saturated carbocycles. The van der Waals surface area contributed by atoms with Crippen molar-refractivity contribution in [2.24, 2.45) is 0 Å². The quantitative estimate of drug-likeness (QED) is 0.500. The minimum Gasteiger partial charge on any atom is -0.496 e. The van der Waals surface area contributed by atoms with Crippen molar-refractivity contribution in [1.82, 2.24) is 9.88 Å². The molecule has 1 atom stereocenters. The fourth-order valence-corrected chi connectivity index (χ4v) is 4.44. The average Bonchev–Trinajstić information content (AvgIpc) is 2.72. The number of para-hydroxylation sites is 1. The molecule has 3 nitrogen and oxygen atoms in total. The summed E-state index contributed by atoms with van der Waals surface area (Å²) < 4.78 is 5.59. The van der Waals surface area contributed by atoms with Gasteiger partial charge in [-0.05, 0) is 67.5 Å². The Morgan fingerprint density at radius 1 is 1.07 bits per heavy atom. The molecule has 0 radical (unpaired) electrons. The van der Waals surface area contributed by atoms with Crippen molar-refractivity contribution in [3.63, 3.8) is 0 Å². The molecule has 1 aliphatic carbocycles. The number of fused-ring (bicyclic) bond motifs is 2. The van der Waals surface area contributed by atoms with Crippen molar-refractivity contribution in [2.75, 3.05) is 27.2 Å². The van der Waals surface area contributed by atoms with E-state index in [0.29, 0.717) is 5.92 Å². The number of pyridine rings is 1. The van der Waals surface area contributed by atoms with Gasteiger partial charge >= 0.3 is 0 Å². The molecule has 1 aliphatic rings. The second-order valence-corrected chi connectivity index (χ2v) is 7.62. The van der Waals surface area contributed by atoms with Gasteiger partial charge in [0.15, 0.2) is 0 Å². The zero-order chi connectivity index (χ0) is 18.6. The Bertz CT molecular complexity index is 926. The summed E-state index contributed by atoms with van der Waals surface area (Å²) in [5.41, 5.74) is 5.38. The Morgan fingerprint density at radius 2 is 1.86 bits per heavy atom. The molecule has 3 aromatic rings. The van der Waals surface area contributed by atoms with Gasteiger partial charge in [0.2, 0.25) is 0 Å². The van der Waals surface area contributed by atoms with Crippen molar-refractivity contribution < 1.29 is 4.74 Å². The molecule has 0 bridgehead atoms. The predicted octanol–water partition coefficient (Wildman–Crippen LogP) is 5.68. The lowest BCUT2D eigenvalue weighted by atomic mass is 9.82. The first kappa shape index (κ1) is 23.5. The maximum Gasteiger partial charge on any atom is 0.122 e. The number of aromatic nitrogens is 1.